The van der Waals surface area contributed by atoms with Gasteiger partial charge in [0.1, 0.15) is 11.2 Å². The van der Waals surface area contributed by atoms with E-state index in [0.29, 0.717) is 0 Å². The van der Waals surface area contributed by atoms with E-state index in [1.165, 1.54) is 92.0 Å². The summed E-state index contributed by atoms with van der Waals surface area (Å²) in [6, 6.07) is 69.9. The lowest BCUT2D eigenvalue weighted by Crippen LogP contribution is -2.24. The largest absolute Gasteiger partial charge is 0.456 e. The third kappa shape index (κ3) is 4.89. The molecule has 0 atom stereocenters. The van der Waals surface area contributed by atoms with Gasteiger partial charge in [0.15, 0.2) is 0 Å². The second-order valence-corrected chi connectivity index (χ2v) is 18.7. The first-order valence-corrected chi connectivity index (χ1v) is 21.5. The van der Waals surface area contributed by atoms with E-state index < -0.39 is 6.04 Å². The van der Waals surface area contributed by atoms with Crippen LogP contribution >= 0.6 is 6.04 Å². The Bertz CT molecular complexity index is 3230. The molecule has 3 heteroatoms. The van der Waals surface area contributed by atoms with E-state index in [2.05, 4.69) is 200 Å². The van der Waals surface area contributed by atoms with Gasteiger partial charge in [-0.25, -0.2) is 0 Å². The van der Waals surface area contributed by atoms with Crippen molar-refractivity contribution in [2.75, 3.05) is 0 Å². The van der Waals surface area contributed by atoms with Gasteiger partial charge in [-0.2, -0.15) is 0 Å². The molecule has 0 amide bonds. The van der Waals surface area contributed by atoms with Crippen LogP contribution < -0.4 is 15.9 Å². The predicted octanol–water partition coefficient (Wildman–Crippen LogP) is 13.3. The van der Waals surface area contributed by atoms with Crippen LogP contribution in [0, 0.1) is 0 Å². The Morgan fingerprint density at radius 2 is 0.800 bits per heavy atom. The fourth-order valence-corrected chi connectivity index (χ4v) is 12.6. The molecule has 0 aliphatic heterocycles. The van der Waals surface area contributed by atoms with Crippen molar-refractivity contribution in [1.29, 1.82) is 0 Å². The van der Waals surface area contributed by atoms with Gasteiger partial charge >= 0.3 is 0 Å². The van der Waals surface area contributed by atoms with Gasteiger partial charge < -0.3 is 4.42 Å². The predicted molar refractivity (Wildman–Crippen MR) is 241 cm³/mol. The molecule has 55 heavy (non-hydrogen) atoms. The summed E-state index contributed by atoms with van der Waals surface area (Å²) in [6.07, 6.45) is 0. The van der Waals surface area contributed by atoms with Gasteiger partial charge in [0, 0.05) is 16.8 Å². The van der Waals surface area contributed by atoms with Crippen molar-refractivity contribution in [3.8, 4) is 22.3 Å². The Morgan fingerprint density at radius 1 is 0.345 bits per heavy atom. The molecule has 258 valence electrons. The molecular formula is C52H33OPS. The minimum atomic E-state index is -2.28. The summed E-state index contributed by atoms with van der Waals surface area (Å²) < 4.78 is 6.74. The van der Waals surface area contributed by atoms with Crippen LogP contribution in [0.15, 0.2) is 205 Å². The summed E-state index contributed by atoms with van der Waals surface area (Å²) in [5.41, 5.74) is 6.62. The Hall–Kier alpha value is -6.31. The minimum absolute atomic E-state index is 0.903. The molecule has 0 aliphatic carbocycles. The van der Waals surface area contributed by atoms with Gasteiger partial charge in [-0.05, 0) is 93.4 Å². The quantitative estimate of drug-likeness (QED) is 0.129. The number of rotatable bonds is 5. The van der Waals surface area contributed by atoms with E-state index >= 15 is 0 Å². The van der Waals surface area contributed by atoms with Crippen molar-refractivity contribution in [3.05, 3.63) is 200 Å². The van der Waals surface area contributed by atoms with E-state index in [9.17, 15) is 0 Å². The first kappa shape index (κ1) is 32.1. The van der Waals surface area contributed by atoms with Gasteiger partial charge in [0.25, 0.3) is 0 Å². The van der Waals surface area contributed by atoms with Gasteiger partial charge in [-0.3, -0.25) is 0 Å². The first-order valence-electron chi connectivity index (χ1n) is 18.7. The summed E-state index contributed by atoms with van der Waals surface area (Å²) in [5, 5.41) is 15.6. The normalized spacial score (nSPS) is 12.1. The fourth-order valence-electron chi connectivity index (χ4n) is 8.90. The van der Waals surface area contributed by atoms with Crippen molar-refractivity contribution < 1.29 is 4.42 Å². The van der Waals surface area contributed by atoms with Crippen molar-refractivity contribution in [2.24, 2.45) is 0 Å². The zero-order valence-electron chi connectivity index (χ0n) is 29.8. The van der Waals surface area contributed by atoms with Gasteiger partial charge in [0.05, 0.1) is 0 Å². The van der Waals surface area contributed by atoms with E-state index in [1.54, 1.807) is 0 Å². The molecule has 0 aliphatic rings. The minimum Gasteiger partial charge on any atom is -0.456 e. The lowest BCUT2D eigenvalue weighted by Gasteiger charge is -2.24. The molecule has 10 aromatic carbocycles. The topological polar surface area (TPSA) is 13.1 Å². The molecule has 0 bridgehead atoms. The fraction of sp³-hybridized carbons (Fsp3) is 0. The zero-order valence-corrected chi connectivity index (χ0v) is 31.5. The summed E-state index contributed by atoms with van der Waals surface area (Å²) in [4.78, 5) is 0. The van der Waals surface area contributed by atoms with Crippen molar-refractivity contribution in [3.63, 3.8) is 0 Å². The van der Waals surface area contributed by atoms with Crippen LogP contribution in [-0.4, -0.2) is 0 Å². The number of benzene rings is 10. The third-order valence-corrected chi connectivity index (χ3v) is 16.3. The summed E-state index contributed by atoms with van der Waals surface area (Å²) in [6.45, 7) is 0. The molecule has 0 spiro atoms. The number of hydrogen-bond donors (Lipinski definition) is 0. The van der Waals surface area contributed by atoms with Crippen LogP contribution in [0.1, 0.15) is 0 Å². The van der Waals surface area contributed by atoms with Crippen LogP contribution in [0.2, 0.25) is 0 Å². The second kappa shape index (κ2) is 12.6. The number of hydrogen-bond acceptors (Lipinski definition) is 2. The SMILES string of the molecule is S=P(c1ccccc1)(c1ccccc1)c1ccc(-c2c3ccccc3c(-c3cc4oc5ccc6ccccc6c5c4c4ccccc34)c3ccccc23)cc1. The maximum atomic E-state index is 6.74. The lowest BCUT2D eigenvalue weighted by molar-refractivity contribution is 0.669. The molecule has 0 unspecified atom stereocenters. The number of furan rings is 1. The second-order valence-electron chi connectivity index (χ2n) is 14.3. The zero-order chi connectivity index (χ0) is 36.5. The smallest absolute Gasteiger partial charge is 0.136 e. The summed E-state index contributed by atoms with van der Waals surface area (Å²) >= 11 is 6.71. The standard InChI is InChI=1S/C52H33OPS/c55-54(36-16-3-1-4-17-36,37-18-5-2-6-19-37)38-30-27-35(28-31-38)49-42-23-11-13-25-44(42)50(45-26-14-12-24-43(45)49)46-33-48-52(41-22-10-9-21-40(41)46)51-39-20-8-7-15-34(39)29-32-47(51)53-48/h1-33H. The maximum absolute atomic E-state index is 6.74. The average Bonchev–Trinajstić information content (AvgIpc) is 3.65. The van der Waals surface area contributed by atoms with Crippen molar-refractivity contribution >= 4 is 98.8 Å². The molecule has 0 saturated carbocycles. The average molecular weight is 737 g/mol. The van der Waals surface area contributed by atoms with Crippen LogP contribution in [0.3, 0.4) is 0 Å². The molecule has 1 aromatic heterocycles. The molecule has 0 radical (unpaired) electrons. The molecule has 0 N–H and O–H groups in total. The highest BCUT2D eigenvalue weighted by molar-refractivity contribution is 8.25. The molecular weight excluding hydrogens is 704 g/mol. The van der Waals surface area contributed by atoms with E-state index in [4.69, 9.17) is 16.2 Å². The molecule has 1 heterocycles. The van der Waals surface area contributed by atoms with Gasteiger partial charge in [0.2, 0.25) is 0 Å². The first-order chi connectivity index (χ1) is 27.2. The van der Waals surface area contributed by atoms with Crippen LogP contribution in [0.25, 0.3) is 87.3 Å². The monoisotopic (exact) mass is 736 g/mol. The van der Waals surface area contributed by atoms with Gasteiger partial charge in [-0.1, -0.05) is 200 Å². The van der Waals surface area contributed by atoms with Gasteiger partial charge in [-0.15, -0.1) is 0 Å². The maximum Gasteiger partial charge on any atom is 0.136 e. The Morgan fingerprint density at radius 3 is 1.40 bits per heavy atom. The van der Waals surface area contributed by atoms with E-state index in [0.717, 1.165) is 11.2 Å². The highest BCUT2D eigenvalue weighted by Crippen LogP contribution is 2.49. The van der Waals surface area contributed by atoms with E-state index in [1.807, 2.05) is 0 Å². The van der Waals surface area contributed by atoms with E-state index in [-0.39, 0.29) is 0 Å². The Kier molecular flexibility index (Phi) is 7.39. The molecule has 11 aromatic rings. The highest BCUT2D eigenvalue weighted by atomic mass is 32.4. The molecule has 11 rings (SSSR count). The lowest BCUT2D eigenvalue weighted by atomic mass is 9.84. The Labute approximate surface area is 324 Å². The summed E-state index contributed by atoms with van der Waals surface area (Å²) in [5.74, 6) is 0. The summed E-state index contributed by atoms with van der Waals surface area (Å²) in [7, 11) is 0. The van der Waals surface area contributed by atoms with Crippen molar-refractivity contribution in [1.82, 2.24) is 0 Å². The number of fused-ring (bicyclic) bond motifs is 9. The molecule has 0 fully saturated rings. The van der Waals surface area contributed by atoms with Crippen LogP contribution in [0.5, 0.6) is 0 Å². The van der Waals surface area contributed by atoms with Crippen LogP contribution in [-0.2, 0) is 11.8 Å². The molecule has 1 nitrogen and oxygen atoms in total. The van der Waals surface area contributed by atoms with Crippen molar-refractivity contribution in [2.45, 2.75) is 0 Å². The Balaban J connectivity index is 1.16. The highest BCUT2D eigenvalue weighted by Gasteiger charge is 2.26. The molecule has 0 saturated heterocycles. The third-order valence-electron chi connectivity index (χ3n) is 11.3. The van der Waals surface area contributed by atoms with Crippen LogP contribution in [0.4, 0.5) is 0 Å².